The third kappa shape index (κ3) is 3.13. The minimum absolute atomic E-state index is 0.0722. The minimum atomic E-state index is -0.0722. The first kappa shape index (κ1) is 20.3. The maximum atomic E-state index is 12.6. The molecule has 1 aromatic rings. The molecule has 4 rings (SSSR count). The Kier molecular flexibility index (Phi) is 5.86. The number of benzene rings is 1. The average Bonchev–Trinajstić information content (AvgIpc) is 3.01. The second kappa shape index (κ2) is 8.07. The minimum Gasteiger partial charge on any atom is -0.495 e. The quantitative estimate of drug-likeness (QED) is 0.573. The molecule has 1 aromatic carbocycles. The summed E-state index contributed by atoms with van der Waals surface area (Å²) in [6.45, 7) is 3.77. The Morgan fingerprint density at radius 1 is 1.14 bits per heavy atom. The van der Waals surface area contributed by atoms with E-state index >= 15 is 0 Å². The van der Waals surface area contributed by atoms with Crippen LogP contribution < -0.4 is 9.64 Å². The lowest BCUT2D eigenvalue weighted by Crippen LogP contribution is -2.42. The normalized spacial score (nSPS) is 31.1. The van der Waals surface area contributed by atoms with Crippen LogP contribution in [0.3, 0.4) is 0 Å². The van der Waals surface area contributed by atoms with Crippen molar-refractivity contribution in [3.8, 4) is 5.75 Å². The van der Waals surface area contributed by atoms with Crippen LogP contribution >= 0.6 is 23.2 Å². The Labute approximate surface area is 178 Å². The highest BCUT2D eigenvalue weighted by atomic mass is 35.5. The van der Waals surface area contributed by atoms with Crippen LogP contribution in [-0.2, 0) is 11.2 Å². The van der Waals surface area contributed by atoms with Crippen molar-refractivity contribution >= 4 is 34.7 Å². The summed E-state index contributed by atoms with van der Waals surface area (Å²) >= 11 is 12.2. The molecule has 0 saturated heterocycles. The first-order valence-corrected chi connectivity index (χ1v) is 11.7. The van der Waals surface area contributed by atoms with E-state index in [0.29, 0.717) is 35.3 Å². The van der Waals surface area contributed by atoms with Crippen LogP contribution in [0.15, 0.2) is 12.1 Å². The number of halogens is 2. The number of rotatable bonds is 6. The molecule has 4 unspecified atom stereocenters. The third-order valence-electron chi connectivity index (χ3n) is 7.80. The second-order valence-electron chi connectivity index (χ2n) is 8.88. The summed E-state index contributed by atoms with van der Waals surface area (Å²) < 4.78 is 5.75. The van der Waals surface area contributed by atoms with Gasteiger partial charge in [-0.1, -0.05) is 13.0 Å². The lowest BCUT2D eigenvalue weighted by Gasteiger charge is -2.49. The van der Waals surface area contributed by atoms with Gasteiger partial charge in [-0.05, 0) is 67.1 Å². The maximum absolute atomic E-state index is 12.6. The molecule has 5 heteroatoms. The molecule has 0 aliphatic heterocycles. The molecular weight excluding hydrogens is 393 g/mol. The Morgan fingerprint density at radius 2 is 1.89 bits per heavy atom. The summed E-state index contributed by atoms with van der Waals surface area (Å²) in [7, 11) is 1.74. The molecule has 2 fully saturated rings. The first-order valence-electron chi connectivity index (χ1n) is 10.6. The topological polar surface area (TPSA) is 29.5 Å². The summed E-state index contributed by atoms with van der Waals surface area (Å²) in [4.78, 5) is 14.9. The smallest absolute Gasteiger partial charge is 0.142 e. The van der Waals surface area contributed by atoms with E-state index in [0.717, 1.165) is 50.9 Å². The molecule has 0 N–H and O–H groups in total. The molecule has 0 amide bonds. The highest BCUT2D eigenvalue weighted by molar-refractivity contribution is 6.18. The van der Waals surface area contributed by atoms with Crippen molar-refractivity contribution in [2.75, 3.05) is 36.9 Å². The third-order valence-corrected chi connectivity index (χ3v) is 8.14. The van der Waals surface area contributed by atoms with Crippen LogP contribution in [0, 0.1) is 17.3 Å². The number of ether oxygens (including phenoxy) is 1. The van der Waals surface area contributed by atoms with Crippen LogP contribution in [0.4, 0.5) is 5.69 Å². The van der Waals surface area contributed by atoms with E-state index in [1.165, 1.54) is 23.2 Å². The molecule has 0 heterocycles. The van der Waals surface area contributed by atoms with Gasteiger partial charge in [0.15, 0.2) is 0 Å². The Morgan fingerprint density at radius 3 is 2.57 bits per heavy atom. The van der Waals surface area contributed by atoms with Gasteiger partial charge in [-0.25, -0.2) is 0 Å². The fourth-order valence-electron chi connectivity index (χ4n) is 6.45. The fraction of sp³-hybridized carbons (Fsp3) is 0.696. The molecule has 0 radical (unpaired) electrons. The number of ketones is 1. The van der Waals surface area contributed by atoms with Gasteiger partial charge in [-0.15, -0.1) is 23.2 Å². The van der Waals surface area contributed by atoms with Crippen LogP contribution in [0.2, 0.25) is 0 Å². The summed E-state index contributed by atoms with van der Waals surface area (Å²) in [5.74, 6) is 4.31. The highest BCUT2D eigenvalue weighted by Crippen LogP contribution is 2.60. The Hall–Kier alpha value is -0.930. The van der Waals surface area contributed by atoms with Crippen molar-refractivity contribution in [3.05, 3.63) is 23.3 Å². The van der Waals surface area contributed by atoms with Crippen molar-refractivity contribution in [2.45, 2.75) is 51.4 Å². The van der Waals surface area contributed by atoms with Crippen LogP contribution in [-0.4, -0.2) is 37.7 Å². The molecule has 4 atom stereocenters. The van der Waals surface area contributed by atoms with Crippen LogP contribution in [0.1, 0.15) is 56.1 Å². The highest BCUT2D eigenvalue weighted by Gasteiger charge is 2.54. The van der Waals surface area contributed by atoms with Crippen molar-refractivity contribution in [3.63, 3.8) is 0 Å². The largest absolute Gasteiger partial charge is 0.495 e. The molecule has 0 bridgehead atoms. The standard InChI is InChI=1S/C23H31Cl2NO2/c1-23-10-9-16-15-5-7-20(28-2)22(26(13-11-24)14-12-25)18(15)4-3-17(16)19(23)6-8-21(23)27/h5,7,16-17,19H,3-4,6,8-14H2,1-2H3. The van der Waals surface area contributed by atoms with Gasteiger partial charge in [0.1, 0.15) is 11.5 Å². The summed E-state index contributed by atoms with van der Waals surface area (Å²) in [6.07, 6.45) is 6.23. The lowest BCUT2D eigenvalue weighted by molar-refractivity contribution is -0.129. The molecule has 28 heavy (non-hydrogen) atoms. The van der Waals surface area contributed by atoms with Gasteiger partial charge in [-0.2, -0.15) is 0 Å². The summed E-state index contributed by atoms with van der Waals surface area (Å²) in [5, 5.41) is 0. The Balaban J connectivity index is 1.74. The first-order chi connectivity index (χ1) is 13.5. The van der Waals surface area contributed by atoms with Crippen molar-refractivity contribution in [2.24, 2.45) is 17.3 Å². The average molecular weight is 424 g/mol. The van der Waals surface area contributed by atoms with Gasteiger partial charge in [0.2, 0.25) is 0 Å². The molecule has 0 spiro atoms. The van der Waals surface area contributed by atoms with Gasteiger partial charge in [0, 0.05) is 36.7 Å². The van der Waals surface area contributed by atoms with Gasteiger partial charge in [0.25, 0.3) is 0 Å². The summed E-state index contributed by atoms with van der Waals surface area (Å²) in [5.41, 5.74) is 4.01. The van der Waals surface area contributed by atoms with E-state index in [-0.39, 0.29) is 5.41 Å². The van der Waals surface area contributed by atoms with E-state index in [9.17, 15) is 4.79 Å². The lowest BCUT2D eigenvalue weighted by atomic mass is 9.55. The monoisotopic (exact) mass is 423 g/mol. The number of carbonyl (C=O) groups is 1. The zero-order valence-corrected chi connectivity index (χ0v) is 18.5. The molecule has 3 aliphatic carbocycles. The summed E-state index contributed by atoms with van der Waals surface area (Å²) in [6, 6.07) is 4.41. The molecule has 154 valence electrons. The molecule has 2 saturated carbocycles. The van der Waals surface area contributed by atoms with Crippen molar-refractivity contribution in [1.82, 2.24) is 0 Å². The number of alkyl halides is 2. The van der Waals surface area contributed by atoms with Crippen molar-refractivity contribution in [1.29, 1.82) is 0 Å². The number of Topliss-reactive ketones (excluding diaryl/α,β-unsaturated/α-hetero) is 1. The van der Waals surface area contributed by atoms with Crippen molar-refractivity contribution < 1.29 is 9.53 Å². The van der Waals surface area contributed by atoms with Crippen LogP contribution in [0.5, 0.6) is 5.75 Å². The predicted octanol–water partition coefficient (Wildman–Crippen LogP) is 5.40. The molecule has 3 nitrogen and oxygen atoms in total. The number of anilines is 1. The number of nitrogens with zero attached hydrogens (tertiary/aromatic N) is 1. The number of carbonyl (C=O) groups excluding carboxylic acids is 1. The van der Waals surface area contributed by atoms with Gasteiger partial charge >= 0.3 is 0 Å². The SMILES string of the molecule is COc1ccc2c(c1N(CCCl)CCCl)CCC1C2CCC2(C)C(=O)CCC12. The van der Waals surface area contributed by atoms with E-state index in [2.05, 4.69) is 24.0 Å². The predicted molar refractivity (Wildman–Crippen MR) is 116 cm³/mol. The number of fused-ring (bicyclic) bond motifs is 5. The molecular formula is C23H31Cl2NO2. The van der Waals surface area contributed by atoms with Gasteiger partial charge < -0.3 is 9.64 Å². The number of hydrogen-bond donors (Lipinski definition) is 0. The fourth-order valence-corrected chi connectivity index (χ4v) is 6.86. The zero-order chi connectivity index (χ0) is 19.9. The second-order valence-corrected chi connectivity index (χ2v) is 9.64. The van der Waals surface area contributed by atoms with E-state index in [4.69, 9.17) is 27.9 Å². The van der Waals surface area contributed by atoms with E-state index < -0.39 is 0 Å². The van der Waals surface area contributed by atoms with E-state index in [1.807, 2.05) is 0 Å². The molecule has 3 aliphatic rings. The number of methoxy groups -OCH3 is 1. The van der Waals surface area contributed by atoms with Crippen LogP contribution in [0.25, 0.3) is 0 Å². The van der Waals surface area contributed by atoms with Gasteiger partial charge in [0.05, 0.1) is 12.8 Å². The van der Waals surface area contributed by atoms with Gasteiger partial charge in [-0.3, -0.25) is 4.79 Å². The zero-order valence-electron chi connectivity index (χ0n) is 17.0. The molecule has 0 aromatic heterocycles. The Bertz CT molecular complexity index is 746. The number of hydrogen-bond acceptors (Lipinski definition) is 3. The van der Waals surface area contributed by atoms with E-state index in [1.54, 1.807) is 7.11 Å². The maximum Gasteiger partial charge on any atom is 0.142 e.